The van der Waals surface area contributed by atoms with Crippen molar-refractivity contribution in [2.24, 2.45) is 0 Å². The maximum absolute atomic E-state index is 13.4. The van der Waals surface area contributed by atoms with E-state index in [2.05, 4.69) is 5.32 Å². The van der Waals surface area contributed by atoms with Gasteiger partial charge in [0.2, 0.25) is 21.8 Å². The molecule has 0 saturated heterocycles. The summed E-state index contributed by atoms with van der Waals surface area (Å²) < 4.78 is 65.4. The lowest BCUT2D eigenvalue weighted by atomic mass is 10.1. The molecule has 1 N–H and O–H groups in total. The number of nitrogens with one attached hydrogen (secondary N) is 1. The van der Waals surface area contributed by atoms with Crippen LogP contribution in [0.5, 0.6) is 0 Å². The zero-order chi connectivity index (χ0) is 27.1. The van der Waals surface area contributed by atoms with Gasteiger partial charge in [0, 0.05) is 13.1 Å². The van der Waals surface area contributed by atoms with E-state index in [1.807, 2.05) is 26.0 Å². The summed E-state index contributed by atoms with van der Waals surface area (Å²) in [5, 5.41) is 2.77. The van der Waals surface area contributed by atoms with Crippen molar-refractivity contribution in [1.82, 2.24) is 10.2 Å². The summed E-state index contributed by atoms with van der Waals surface area (Å²) in [6, 6.07) is 10.1. The quantitative estimate of drug-likeness (QED) is 0.446. The lowest BCUT2D eigenvalue weighted by Crippen LogP contribution is -2.51. The monoisotopic (exact) mass is 527 g/mol. The number of alkyl halides is 3. The van der Waals surface area contributed by atoms with E-state index in [-0.39, 0.29) is 12.2 Å². The van der Waals surface area contributed by atoms with Crippen LogP contribution >= 0.6 is 0 Å². The zero-order valence-electron chi connectivity index (χ0n) is 20.8. The van der Waals surface area contributed by atoms with E-state index in [9.17, 15) is 31.2 Å². The first kappa shape index (κ1) is 29.2. The zero-order valence-corrected chi connectivity index (χ0v) is 21.6. The number of nitrogens with zero attached hydrogens (tertiary/aromatic N) is 2. The molecule has 2 aromatic rings. The lowest BCUT2D eigenvalue weighted by molar-refractivity contribution is -0.139. The van der Waals surface area contributed by atoms with Gasteiger partial charge in [0.05, 0.1) is 17.5 Å². The Kier molecular flexibility index (Phi) is 9.92. The number of halogens is 3. The van der Waals surface area contributed by atoms with Gasteiger partial charge in [0.1, 0.15) is 12.6 Å². The Morgan fingerprint density at radius 2 is 1.75 bits per heavy atom. The molecule has 1 atom stereocenters. The second-order valence-electron chi connectivity index (χ2n) is 8.65. The molecule has 198 valence electrons. The van der Waals surface area contributed by atoms with Crippen molar-refractivity contribution in [3.63, 3.8) is 0 Å². The third kappa shape index (κ3) is 8.25. The minimum absolute atomic E-state index is 0.0169. The minimum Gasteiger partial charge on any atom is -0.354 e. The second-order valence-corrected chi connectivity index (χ2v) is 10.6. The molecule has 0 aliphatic carbocycles. The van der Waals surface area contributed by atoms with E-state index in [4.69, 9.17) is 0 Å². The smallest absolute Gasteiger partial charge is 0.354 e. The van der Waals surface area contributed by atoms with Gasteiger partial charge in [0.25, 0.3) is 0 Å². The number of hydrogen-bond acceptors (Lipinski definition) is 4. The Bertz CT molecular complexity index is 1170. The number of amides is 2. The Morgan fingerprint density at radius 1 is 1.08 bits per heavy atom. The topological polar surface area (TPSA) is 86.8 Å². The van der Waals surface area contributed by atoms with Crippen molar-refractivity contribution < 1.29 is 31.2 Å². The van der Waals surface area contributed by atoms with Gasteiger partial charge in [-0.2, -0.15) is 13.2 Å². The number of anilines is 1. The van der Waals surface area contributed by atoms with E-state index >= 15 is 0 Å². The van der Waals surface area contributed by atoms with Gasteiger partial charge in [-0.15, -0.1) is 0 Å². The molecule has 2 amide bonds. The third-order valence-corrected chi connectivity index (χ3v) is 6.71. The molecule has 0 saturated carbocycles. The highest BCUT2D eigenvalue weighted by atomic mass is 32.2. The molecule has 7 nitrogen and oxygen atoms in total. The fourth-order valence-electron chi connectivity index (χ4n) is 3.58. The van der Waals surface area contributed by atoms with E-state index in [0.29, 0.717) is 16.9 Å². The van der Waals surface area contributed by atoms with Crippen LogP contribution in [0.2, 0.25) is 0 Å². The molecule has 0 bridgehead atoms. The molecule has 2 aromatic carbocycles. The van der Waals surface area contributed by atoms with E-state index in [1.165, 1.54) is 17.9 Å². The molecule has 36 heavy (non-hydrogen) atoms. The number of aryl methyl sites for hydroxylation is 1. The number of carbonyl (C=O) groups excluding carboxylic acids is 2. The average molecular weight is 528 g/mol. The van der Waals surface area contributed by atoms with Crippen molar-refractivity contribution in [2.45, 2.75) is 52.4 Å². The van der Waals surface area contributed by atoms with Gasteiger partial charge in [-0.25, -0.2) is 8.42 Å². The van der Waals surface area contributed by atoms with Crippen molar-refractivity contribution >= 4 is 27.5 Å². The van der Waals surface area contributed by atoms with Crippen LogP contribution in [0.4, 0.5) is 18.9 Å². The number of sulfonamides is 1. The molecule has 0 aliphatic rings. The molecule has 0 aromatic heterocycles. The van der Waals surface area contributed by atoms with Crippen molar-refractivity contribution in [1.29, 1.82) is 0 Å². The number of rotatable bonds is 11. The van der Waals surface area contributed by atoms with Crippen LogP contribution in [0.1, 0.15) is 43.4 Å². The van der Waals surface area contributed by atoms with Crippen LogP contribution in [0.15, 0.2) is 48.5 Å². The SMILES string of the molecule is CCCCNC(=O)[C@@H](C)N(Cc1cccc(C)c1)C(=O)CN(c1cccc(C(F)(F)F)c1)S(C)(=O)=O. The molecule has 2 rings (SSSR count). The molecule has 0 heterocycles. The van der Waals surface area contributed by atoms with E-state index in [0.717, 1.165) is 42.4 Å². The number of hydrogen-bond donors (Lipinski definition) is 1. The van der Waals surface area contributed by atoms with Gasteiger partial charge in [0.15, 0.2) is 0 Å². The average Bonchev–Trinajstić information content (AvgIpc) is 2.79. The Morgan fingerprint density at radius 3 is 2.33 bits per heavy atom. The predicted molar refractivity (Wildman–Crippen MR) is 133 cm³/mol. The van der Waals surface area contributed by atoms with Gasteiger partial charge < -0.3 is 10.2 Å². The van der Waals surface area contributed by atoms with Crippen LogP contribution in [0, 0.1) is 6.92 Å². The largest absolute Gasteiger partial charge is 0.416 e. The van der Waals surface area contributed by atoms with Crippen LogP contribution in [-0.2, 0) is 32.3 Å². The summed E-state index contributed by atoms with van der Waals surface area (Å²) in [5.74, 6) is -1.13. The normalized spacial score (nSPS) is 12.6. The number of benzene rings is 2. The predicted octanol–water partition coefficient (Wildman–Crippen LogP) is 4.11. The summed E-state index contributed by atoms with van der Waals surface area (Å²) in [5.41, 5.74) is 0.320. The van der Waals surface area contributed by atoms with E-state index < -0.39 is 46.2 Å². The first-order valence-electron chi connectivity index (χ1n) is 11.5. The highest BCUT2D eigenvalue weighted by Gasteiger charge is 2.33. The Hall–Kier alpha value is -3.08. The molecular formula is C25H32F3N3O4S. The highest BCUT2D eigenvalue weighted by Crippen LogP contribution is 2.32. The number of carbonyl (C=O) groups is 2. The van der Waals surface area contributed by atoms with E-state index in [1.54, 1.807) is 12.1 Å². The fourth-order valence-corrected chi connectivity index (χ4v) is 4.42. The molecule has 11 heteroatoms. The lowest BCUT2D eigenvalue weighted by Gasteiger charge is -2.31. The van der Waals surface area contributed by atoms with Crippen LogP contribution in [-0.4, -0.2) is 50.5 Å². The van der Waals surface area contributed by atoms with Crippen LogP contribution < -0.4 is 9.62 Å². The van der Waals surface area contributed by atoms with Gasteiger partial charge >= 0.3 is 6.18 Å². The number of unbranched alkanes of at least 4 members (excludes halogenated alkanes) is 1. The minimum atomic E-state index is -4.69. The Balaban J connectivity index is 2.41. The molecule has 0 unspecified atom stereocenters. The molecule has 0 spiro atoms. The van der Waals surface area contributed by atoms with Gasteiger partial charge in [-0.1, -0.05) is 49.2 Å². The van der Waals surface area contributed by atoms with Crippen LogP contribution in [0.25, 0.3) is 0 Å². The van der Waals surface area contributed by atoms with Crippen molar-refractivity contribution in [2.75, 3.05) is 23.7 Å². The van der Waals surface area contributed by atoms with Gasteiger partial charge in [-0.3, -0.25) is 13.9 Å². The highest BCUT2D eigenvalue weighted by molar-refractivity contribution is 7.92. The Labute approximate surface area is 210 Å². The van der Waals surface area contributed by atoms with Crippen molar-refractivity contribution in [3.8, 4) is 0 Å². The fraction of sp³-hybridized carbons (Fsp3) is 0.440. The maximum Gasteiger partial charge on any atom is 0.416 e. The van der Waals surface area contributed by atoms with Gasteiger partial charge in [-0.05, 0) is 44.0 Å². The molecule has 0 radical (unpaired) electrons. The molecule has 0 fully saturated rings. The standard InChI is InChI=1S/C25H32F3N3O4S/c1-5-6-13-29-24(33)19(3)30(16-20-10-7-9-18(2)14-20)23(32)17-31(36(4,34)35)22-12-8-11-21(15-22)25(26,27)28/h7-12,14-15,19H,5-6,13,16-17H2,1-4H3,(H,29,33)/t19-/m1/s1. The summed E-state index contributed by atoms with van der Waals surface area (Å²) in [4.78, 5) is 27.4. The summed E-state index contributed by atoms with van der Waals surface area (Å²) in [6.07, 6.45) is -2.26. The second kappa shape index (κ2) is 12.2. The first-order valence-corrected chi connectivity index (χ1v) is 13.4. The summed E-state index contributed by atoms with van der Waals surface area (Å²) >= 11 is 0. The molecule has 0 aliphatic heterocycles. The first-order chi connectivity index (χ1) is 16.7. The van der Waals surface area contributed by atoms with Crippen molar-refractivity contribution in [3.05, 3.63) is 65.2 Å². The maximum atomic E-state index is 13.4. The van der Waals surface area contributed by atoms with Crippen LogP contribution in [0.3, 0.4) is 0 Å². The summed E-state index contributed by atoms with van der Waals surface area (Å²) in [7, 11) is -4.13. The third-order valence-electron chi connectivity index (χ3n) is 5.57. The molecular weight excluding hydrogens is 495 g/mol. The summed E-state index contributed by atoms with van der Waals surface area (Å²) in [6.45, 7) is 5.05.